The smallest absolute Gasteiger partial charge is 0.337 e. The number of esters is 2. The van der Waals surface area contributed by atoms with Crippen molar-refractivity contribution in [1.29, 1.82) is 0 Å². The summed E-state index contributed by atoms with van der Waals surface area (Å²) >= 11 is 0. The van der Waals surface area contributed by atoms with Crippen LogP contribution in [-0.4, -0.2) is 26.2 Å². The molecule has 5 rings (SSSR count). The molecule has 0 N–H and O–H groups in total. The van der Waals surface area contributed by atoms with E-state index in [1.165, 1.54) is 25.3 Å². The van der Waals surface area contributed by atoms with Gasteiger partial charge in [0.25, 0.3) is 0 Å². The lowest BCUT2D eigenvalue weighted by Crippen LogP contribution is -2.12. The lowest BCUT2D eigenvalue weighted by molar-refractivity contribution is 0.0592. The van der Waals surface area contributed by atoms with E-state index in [9.17, 15) is 9.59 Å². The standard InChI is InChI=1S/C36H32N2O4/c1-25-5-13-29(14-6-25)37(31-17-9-27(10-18-31)35(39)41-3)33-21-23-34(24-22-33)38(30-15-7-26(2)8-16-30)32-19-11-28(12-20-32)36(40)42-4/h5-24H,1-4H3. The average Bonchev–Trinajstić information content (AvgIpc) is 3.03. The third kappa shape index (κ3) is 6.03. The fraction of sp³-hybridized carbons (Fsp3) is 0.111. The Bertz CT molecular complexity index is 1530. The largest absolute Gasteiger partial charge is 0.465 e. The molecule has 0 radical (unpaired) electrons. The molecule has 0 aliphatic heterocycles. The molecule has 0 bridgehead atoms. The van der Waals surface area contributed by atoms with Crippen LogP contribution in [0.15, 0.2) is 121 Å². The van der Waals surface area contributed by atoms with E-state index in [-0.39, 0.29) is 11.9 Å². The highest BCUT2D eigenvalue weighted by molar-refractivity contribution is 5.91. The second-order valence-corrected chi connectivity index (χ2v) is 9.94. The zero-order valence-corrected chi connectivity index (χ0v) is 24.1. The van der Waals surface area contributed by atoms with E-state index < -0.39 is 0 Å². The van der Waals surface area contributed by atoms with Crippen molar-refractivity contribution < 1.29 is 19.1 Å². The summed E-state index contributed by atoms with van der Waals surface area (Å²) in [5.74, 6) is -0.743. The third-order valence-electron chi connectivity index (χ3n) is 7.04. The van der Waals surface area contributed by atoms with E-state index in [2.05, 4.69) is 96.4 Å². The minimum absolute atomic E-state index is 0.372. The van der Waals surface area contributed by atoms with E-state index in [4.69, 9.17) is 9.47 Å². The van der Waals surface area contributed by atoms with Gasteiger partial charge in [-0.15, -0.1) is 0 Å². The molecule has 6 nitrogen and oxygen atoms in total. The van der Waals surface area contributed by atoms with Crippen LogP contribution in [0.4, 0.5) is 34.1 Å². The Morgan fingerprint density at radius 1 is 0.405 bits per heavy atom. The van der Waals surface area contributed by atoms with Crippen LogP contribution in [0.3, 0.4) is 0 Å². The van der Waals surface area contributed by atoms with Crippen LogP contribution in [0, 0.1) is 13.8 Å². The number of hydrogen-bond donors (Lipinski definition) is 0. The molecule has 42 heavy (non-hydrogen) atoms. The summed E-state index contributed by atoms with van der Waals surface area (Å²) in [6, 6.07) is 39.7. The van der Waals surface area contributed by atoms with Gasteiger partial charge in [-0.05, 0) is 111 Å². The molecule has 0 saturated carbocycles. The van der Waals surface area contributed by atoms with Crippen molar-refractivity contribution in [1.82, 2.24) is 0 Å². The second-order valence-electron chi connectivity index (χ2n) is 9.94. The summed E-state index contributed by atoms with van der Waals surface area (Å²) in [6.45, 7) is 4.12. The SMILES string of the molecule is COC(=O)c1ccc(N(c2ccc(C)cc2)c2ccc(N(c3ccc(C)cc3)c3ccc(C(=O)OC)cc3)cc2)cc1. The first-order valence-electron chi connectivity index (χ1n) is 13.6. The van der Waals surface area contributed by atoms with Gasteiger partial charge in [0.1, 0.15) is 0 Å². The lowest BCUT2D eigenvalue weighted by Gasteiger charge is -2.28. The molecule has 0 saturated heterocycles. The van der Waals surface area contributed by atoms with Crippen LogP contribution in [-0.2, 0) is 9.47 Å². The Hall–Kier alpha value is -5.36. The molecule has 6 heteroatoms. The zero-order chi connectivity index (χ0) is 29.6. The molecule has 0 unspecified atom stereocenters. The normalized spacial score (nSPS) is 10.6. The first kappa shape index (κ1) is 28.2. The monoisotopic (exact) mass is 556 g/mol. The van der Waals surface area contributed by atoms with Gasteiger partial charge in [0, 0.05) is 34.1 Å². The Morgan fingerprint density at radius 3 is 0.857 bits per heavy atom. The van der Waals surface area contributed by atoms with Crippen molar-refractivity contribution >= 4 is 46.1 Å². The fourth-order valence-corrected chi connectivity index (χ4v) is 4.76. The summed E-state index contributed by atoms with van der Waals surface area (Å²) in [5, 5.41) is 0. The van der Waals surface area contributed by atoms with Gasteiger partial charge in [-0.2, -0.15) is 0 Å². The molecule has 0 fully saturated rings. The summed E-state index contributed by atoms with van der Waals surface area (Å²) in [6.07, 6.45) is 0. The maximum absolute atomic E-state index is 12.0. The topological polar surface area (TPSA) is 59.1 Å². The molecule has 0 aliphatic carbocycles. The Labute approximate surface area is 246 Å². The Balaban J connectivity index is 1.55. The minimum atomic E-state index is -0.372. The van der Waals surface area contributed by atoms with Gasteiger partial charge in [-0.25, -0.2) is 9.59 Å². The van der Waals surface area contributed by atoms with E-state index >= 15 is 0 Å². The van der Waals surface area contributed by atoms with Crippen molar-refractivity contribution in [3.8, 4) is 0 Å². The quantitative estimate of drug-likeness (QED) is 0.178. The van der Waals surface area contributed by atoms with Gasteiger partial charge >= 0.3 is 11.9 Å². The van der Waals surface area contributed by atoms with Crippen LogP contribution >= 0.6 is 0 Å². The molecule has 5 aromatic carbocycles. The van der Waals surface area contributed by atoms with Crippen molar-refractivity contribution in [2.24, 2.45) is 0 Å². The molecule has 210 valence electrons. The Morgan fingerprint density at radius 2 is 0.619 bits per heavy atom. The van der Waals surface area contributed by atoms with Gasteiger partial charge < -0.3 is 19.3 Å². The summed E-state index contributed by atoms with van der Waals surface area (Å²) < 4.78 is 9.76. The van der Waals surface area contributed by atoms with E-state index in [0.29, 0.717) is 11.1 Å². The number of carbonyl (C=O) groups is 2. The number of rotatable bonds is 8. The number of benzene rings is 5. The first-order valence-corrected chi connectivity index (χ1v) is 13.6. The highest BCUT2D eigenvalue weighted by atomic mass is 16.5. The second kappa shape index (κ2) is 12.4. The number of carbonyl (C=O) groups excluding carboxylic acids is 2. The molecule has 0 spiro atoms. The van der Waals surface area contributed by atoms with E-state index in [1.807, 2.05) is 24.3 Å². The van der Waals surface area contributed by atoms with Gasteiger partial charge in [-0.3, -0.25) is 0 Å². The highest BCUT2D eigenvalue weighted by Crippen LogP contribution is 2.39. The van der Waals surface area contributed by atoms with Crippen LogP contribution in [0.1, 0.15) is 31.8 Å². The van der Waals surface area contributed by atoms with Crippen molar-refractivity contribution in [2.75, 3.05) is 24.0 Å². The maximum atomic E-state index is 12.0. The molecular weight excluding hydrogens is 524 g/mol. The molecule has 0 aliphatic rings. The summed E-state index contributed by atoms with van der Waals surface area (Å²) in [4.78, 5) is 28.3. The Kier molecular flexibility index (Phi) is 8.34. The molecule has 0 heterocycles. The highest BCUT2D eigenvalue weighted by Gasteiger charge is 2.17. The predicted molar refractivity (Wildman–Crippen MR) is 168 cm³/mol. The van der Waals surface area contributed by atoms with Crippen LogP contribution < -0.4 is 9.80 Å². The number of ether oxygens (including phenoxy) is 2. The molecule has 0 aromatic heterocycles. The van der Waals surface area contributed by atoms with Gasteiger partial charge in [0.05, 0.1) is 25.3 Å². The average molecular weight is 557 g/mol. The number of nitrogens with zero attached hydrogens (tertiary/aromatic N) is 2. The number of hydrogen-bond acceptors (Lipinski definition) is 6. The van der Waals surface area contributed by atoms with Crippen LogP contribution in [0.5, 0.6) is 0 Å². The first-order chi connectivity index (χ1) is 20.4. The van der Waals surface area contributed by atoms with Crippen molar-refractivity contribution in [3.05, 3.63) is 144 Å². The summed E-state index contributed by atoms with van der Waals surface area (Å²) in [5.41, 5.74) is 9.04. The zero-order valence-electron chi connectivity index (χ0n) is 24.1. The fourth-order valence-electron chi connectivity index (χ4n) is 4.76. The van der Waals surface area contributed by atoms with Gasteiger partial charge in [-0.1, -0.05) is 35.4 Å². The molecule has 0 amide bonds. The summed E-state index contributed by atoms with van der Waals surface area (Å²) in [7, 11) is 2.76. The number of anilines is 6. The number of methoxy groups -OCH3 is 2. The molecule has 5 aromatic rings. The van der Waals surface area contributed by atoms with Crippen LogP contribution in [0.25, 0.3) is 0 Å². The predicted octanol–water partition coefficient (Wildman–Crippen LogP) is 8.82. The van der Waals surface area contributed by atoms with Crippen LogP contribution in [0.2, 0.25) is 0 Å². The molecule has 0 atom stereocenters. The van der Waals surface area contributed by atoms with E-state index in [0.717, 1.165) is 34.1 Å². The van der Waals surface area contributed by atoms with E-state index in [1.54, 1.807) is 24.3 Å². The van der Waals surface area contributed by atoms with Crippen molar-refractivity contribution in [2.45, 2.75) is 13.8 Å². The van der Waals surface area contributed by atoms with Gasteiger partial charge in [0.2, 0.25) is 0 Å². The molecular formula is C36H32N2O4. The number of aryl methyl sites for hydroxylation is 2. The van der Waals surface area contributed by atoms with Gasteiger partial charge in [0.15, 0.2) is 0 Å². The maximum Gasteiger partial charge on any atom is 0.337 e. The van der Waals surface area contributed by atoms with Crippen molar-refractivity contribution in [3.63, 3.8) is 0 Å². The lowest BCUT2D eigenvalue weighted by atomic mass is 10.1. The third-order valence-corrected chi connectivity index (χ3v) is 7.04. The minimum Gasteiger partial charge on any atom is -0.465 e.